The Balaban J connectivity index is 1.29. The Morgan fingerprint density at radius 1 is 0.754 bits per heavy atom. The van der Waals surface area contributed by atoms with Crippen molar-refractivity contribution in [1.82, 2.24) is 15.5 Å². The van der Waals surface area contributed by atoms with E-state index in [4.69, 9.17) is 14.2 Å². The molecular weight excluding hydrogens is 763 g/mol. The molecule has 352 valence electrons. The van der Waals surface area contributed by atoms with Gasteiger partial charge in [-0.05, 0) is 171 Å². The van der Waals surface area contributed by atoms with Gasteiger partial charge in [0.2, 0.25) is 0 Å². The summed E-state index contributed by atoms with van der Waals surface area (Å²) in [5.74, 6) is 5.70. The number of allylic oxidation sites excluding steroid dienone is 1. The third-order valence-corrected chi connectivity index (χ3v) is 15.9. The topological polar surface area (TPSA) is 106 Å². The third kappa shape index (κ3) is 15.1. The summed E-state index contributed by atoms with van der Waals surface area (Å²) in [6.45, 7) is 28.8. The first-order valence-electron chi connectivity index (χ1n) is 25.3. The molecule has 0 saturated heterocycles. The van der Waals surface area contributed by atoms with E-state index in [1.807, 2.05) is 46.4 Å². The zero-order valence-electron chi connectivity index (χ0n) is 41.4. The minimum atomic E-state index is -0.505. The molecule has 7 unspecified atom stereocenters. The Bertz CT molecular complexity index is 1370. The van der Waals surface area contributed by atoms with Crippen LogP contribution in [0.4, 0.5) is 14.4 Å². The highest BCUT2D eigenvalue weighted by Crippen LogP contribution is 2.67. The number of fused-ring (bicyclic) bond motifs is 5. The average Bonchev–Trinajstić information content (AvgIpc) is 3.52. The molecule has 0 aromatic rings. The summed E-state index contributed by atoms with van der Waals surface area (Å²) >= 11 is 0. The summed E-state index contributed by atoms with van der Waals surface area (Å²) in [6.07, 6.45) is 22.9. The lowest BCUT2D eigenvalue weighted by atomic mass is 9.47. The van der Waals surface area contributed by atoms with Crippen LogP contribution in [0.1, 0.15) is 205 Å². The molecule has 2 N–H and O–H groups in total. The molecule has 0 aromatic heterocycles. The fraction of sp³-hybridized carbons (Fsp3) is 0.904. The Morgan fingerprint density at radius 3 is 1.87 bits per heavy atom. The largest absolute Gasteiger partial charge is 0.446 e. The van der Waals surface area contributed by atoms with E-state index >= 15 is 0 Å². The first-order chi connectivity index (χ1) is 28.7. The number of nitrogens with one attached hydrogen (secondary N) is 2. The number of carbonyl (C=O) groups is 3. The van der Waals surface area contributed by atoms with Gasteiger partial charge in [0.25, 0.3) is 0 Å². The molecule has 4 aliphatic carbocycles. The molecule has 9 atom stereocenters. The Morgan fingerprint density at radius 2 is 1.33 bits per heavy atom. The number of rotatable bonds is 21. The van der Waals surface area contributed by atoms with Gasteiger partial charge in [-0.2, -0.15) is 0 Å². The number of hydrogen-bond acceptors (Lipinski definition) is 6. The Kier molecular flexibility index (Phi) is 19.3. The molecule has 3 saturated carbocycles. The van der Waals surface area contributed by atoms with Crippen LogP contribution in [-0.2, 0) is 14.2 Å². The quantitative estimate of drug-likeness (QED) is 0.0677. The highest BCUT2D eigenvalue weighted by molar-refractivity contribution is 5.68. The fourth-order valence-electron chi connectivity index (χ4n) is 12.5. The van der Waals surface area contributed by atoms with Crippen LogP contribution in [0.15, 0.2) is 11.6 Å². The molecular formula is C52H93N3O6. The van der Waals surface area contributed by atoms with Crippen molar-refractivity contribution in [3.63, 3.8) is 0 Å². The van der Waals surface area contributed by atoms with Crippen LogP contribution in [0, 0.1) is 52.3 Å². The number of hydrogen-bond donors (Lipinski definition) is 2. The van der Waals surface area contributed by atoms with Crippen molar-refractivity contribution in [2.45, 2.75) is 222 Å². The van der Waals surface area contributed by atoms with Gasteiger partial charge in [-0.3, -0.25) is 0 Å². The number of amides is 3. The van der Waals surface area contributed by atoms with Crippen LogP contribution in [0.3, 0.4) is 0 Å². The molecule has 9 nitrogen and oxygen atoms in total. The normalized spacial score (nSPS) is 28.4. The summed E-state index contributed by atoms with van der Waals surface area (Å²) in [6, 6.07) is 0. The molecule has 0 spiro atoms. The summed E-state index contributed by atoms with van der Waals surface area (Å²) in [5, 5.41) is 5.71. The first kappa shape index (κ1) is 51.2. The summed E-state index contributed by atoms with van der Waals surface area (Å²) in [4.78, 5) is 39.9. The Labute approximate surface area is 373 Å². The first-order valence-corrected chi connectivity index (χ1v) is 25.3. The fourth-order valence-corrected chi connectivity index (χ4v) is 12.5. The zero-order valence-corrected chi connectivity index (χ0v) is 41.4. The monoisotopic (exact) mass is 856 g/mol. The lowest BCUT2D eigenvalue weighted by molar-refractivity contribution is -0.0595. The lowest BCUT2D eigenvalue weighted by Crippen LogP contribution is -2.51. The molecule has 3 amide bonds. The molecule has 4 aliphatic rings. The molecule has 3 fully saturated rings. The second-order valence-corrected chi connectivity index (χ2v) is 22.9. The Hall–Kier alpha value is -2.45. The van der Waals surface area contributed by atoms with E-state index in [0.717, 1.165) is 112 Å². The van der Waals surface area contributed by atoms with E-state index < -0.39 is 11.2 Å². The predicted molar refractivity (Wildman–Crippen MR) is 249 cm³/mol. The van der Waals surface area contributed by atoms with Gasteiger partial charge in [-0.15, -0.1) is 0 Å². The second-order valence-electron chi connectivity index (χ2n) is 22.9. The molecule has 0 bridgehead atoms. The predicted octanol–water partition coefficient (Wildman–Crippen LogP) is 13.6. The lowest BCUT2D eigenvalue weighted by Gasteiger charge is -2.58. The van der Waals surface area contributed by atoms with Crippen LogP contribution in [0.5, 0.6) is 0 Å². The van der Waals surface area contributed by atoms with E-state index in [0.29, 0.717) is 31.6 Å². The number of ether oxygens (including phenoxy) is 3. The van der Waals surface area contributed by atoms with E-state index in [2.05, 4.69) is 58.3 Å². The maximum absolute atomic E-state index is 13.9. The van der Waals surface area contributed by atoms with Crippen molar-refractivity contribution >= 4 is 18.3 Å². The smallest absolute Gasteiger partial charge is 0.410 e. The molecule has 61 heavy (non-hydrogen) atoms. The van der Waals surface area contributed by atoms with Gasteiger partial charge >= 0.3 is 18.3 Å². The third-order valence-electron chi connectivity index (χ3n) is 15.9. The molecule has 0 aromatic carbocycles. The van der Waals surface area contributed by atoms with Crippen LogP contribution >= 0.6 is 0 Å². The summed E-state index contributed by atoms with van der Waals surface area (Å²) in [5.41, 5.74) is 1.25. The van der Waals surface area contributed by atoms with E-state index in [9.17, 15) is 14.4 Å². The van der Waals surface area contributed by atoms with Gasteiger partial charge in [0.05, 0.1) is 0 Å². The van der Waals surface area contributed by atoms with Gasteiger partial charge in [0.15, 0.2) is 0 Å². The molecule has 0 radical (unpaired) electrons. The molecule has 0 aliphatic heterocycles. The number of unbranched alkanes of at least 4 members (excludes halogenated alkanes) is 6. The summed E-state index contributed by atoms with van der Waals surface area (Å²) in [7, 11) is 0. The highest BCUT2D eigenvalue weighted by atomic mass is 16.6. The minimum Gasteiger partial charge on any atom is -0.446 e. The van der Waals surface area contributed by atoms with Gasteiger partial charge < -0.3 is 29.7 Å². The van der Waals surface area contributed by atoms with Crippen molar-refractivity contribution in [2.24, 2.45) is 52.3 Å². The van der Waals surface area contributed by atoms with Gasteiger partial charge in [-0.25, -0.2) is 14.4 Å². The van der Waals surface area contributed by atoms with Gasteiger partial charge in [0.1, 0.15) is 17.3 Å². The van der Waals surface area contributed by atoms with Crippen molar-refractivity contribution in [2.75, 3.05) is 26.2 Å². The molecule has 0 heterocycles. The van der Waals surface area contributed by atoms with E-state index in [-0.39, 0.29) is 29.8 Å². The van der Waals surface area contributed by atoms with Crippen molar-refractivity contribution < 1.29 is 28.6 Å². The van der Waals surface area contributed by atoms with Crippen molar-refractivity contribution in [1.29, 1.82) is 0 Å². The van der Waals surface area contributed by atoms with Crippen molar-refractivity contribution in [3.8, 4) is 0 Å². The maximum Gasteiger partial charge on any atom is 0.410 e. The highest BCUT2D eigenvalue weighted by Gasteiger charge is 2.59. The maximum atomic E-state index is 13.9. The van der Waals surface area contributed by atoms with Crippen LogP contribution < -0.4 is 10.6 Å². The number of nitrogens with zero attached hydrogens (tertiary/aromatic N) is 1. The van der Waals surface area contributed by atoms with E-state index in [1.165, 1.54) is 51.4 Å². The molecule has 4 rings (SSSR count). The average molecular weight is 856 g/mol. The second kappa shape index (κ2) is 22.9. The minimum absolute atomic E-state index is 0.0629. The number of carbonyl (C=O) groups excluding carboxylic acids is 3. The van der Waals surface area contributed by atoms with E-state index in [1.54, 1.807) is 5.57 Å². The van der Waals surface area contributed by atoms with Gasteiger partial charge in [-0.1, -0.05) is 91.7 Å². The number of alkyl carbamates (subject to hydrolysis) is 2. The van der Waals surface area contributed by atoms with Crippen molar-refractivity contribution in [3.05, 3.63) is 11.6 Å². The van der Waals surface area contributed by atoms with Crippen LogP contribution in [-0.4, -0.2) is 66.7 Å². The summed E-state index contributed by atoms with van der Waals surface area (Å²) < 4.78 is 17.1. The SMILES string of the molecule is CC[C@H](CC[C@@H](C)C1CCC2C3CC=C4CC(OC(=O)N(CCCCCCNC(=O)OC(C)(C)C)CCCCCCNC(=O)OC(C)(C)C)CCC4(C)C3CCC21C)C(C)C. The zero-order chi connectivity index (χ0) is 45.0. The van der Waals surface area contributed by atoms with Crippen LogP contribution in [0.2, 0.25) is 0 Å². The van der Waals surface area contributed by atoms with Gasteiger partial charge in [0, 0.05) is 32.6 Å². The molecule has 9 heteroatoms. The van der Waals surface area contributed by atoms with Crippen LogP contribution in [0.25, 0.3) is 0 Å². The standard InChI is InChI=1S/C52H93N3O6/c1-13-39(37(2)3)23-22-38(4)43-26-27-44-42-25-24-40-36-41(28-30-51(40,11)45(42)29-31-52(43,44)12)59-48(58)55(34-20-16-14-18-32-53-46(56)60-49(5,6)7)35-21-17-15-19-33-54-47(57)61-50(8,9)10/h24,37-39,41-45H,13-23,25-36H2,1-12H3,(H,53,56)(H,54,57)/t38-,39-,41?,42?,43?,44?,45?,51?,52?/m1/s1.